The third kappa shape index (κ3) is 5.75. The van der Waals surface area contributed by atoms with Crippen LogP contribution in [0.4, 0.5) is 26.3 Å². The number of aromatic amines is 1. The largest absolute Gasteiger partial charge is 0.416 e. The van der Waals surface area contributed by atoms with Gasteiger partial charge in [0.25, 0.3) is 0 Å². The van der Waals surface area contributed by atoms with Gasteiger partial charge in [-0.2, -0.15) is 26.3 Å². The fourth-order valence-electron chi connectivity index (χ4n) is 5.25. The molecule has 0 spiro atoms. The van der Waals surface area contributed by atoms with Gasteiger partial charge in [0.15, 0.2) is 0 Å². The number of carbonyl (C=O) groups is 1. The van der Waals surface area contributed by atoms with Gasteiger partial charge in [-0.15, -0.1) is 0 Å². The summed E-state index contributed by atoms with van der Waals surface area (Å²) in [4.78, 5) is 29.6. The van der Waals surface area contributed by atoms with Crippen molar-refractivity contribution in [2.45, 2.75) is 51.1 Å². The van der Waals surface area contributed by atoms with Crippen molar-refractivity contribution in [3.8, 4) is 0 Å². The predicted octanol–water partition coefficient (Wildman–Crippen LogP) is 5.94. The Labute approximate surface area is 217 Å². The lowest BCUT2D eigenvalue weighted by molar-refractivity contribution is -0.143. The summed E-state index contributed by atoms with van der Waals surface area (Å²) in [6.07, 6.45) is -6.79. The second-order valence-electron chi connectivity index (χ2n) is 10.3. The highest BCUT2D eigenvalue weighted by molar-refractivity contribution is 7.16. The van der Waals surface area contributed by atoms with Crippen LogP contribution in [-0.2, 0) is 30.2 Å². The molecule has 1 aromatic heterocycles. The maximum atomic E-state index is 14.1. The number of aromatic nitrogens is 1. The molecule has 2 aromatic carbocycles. The van der Waals surface area contributed by atoms with E-state index >= 15 is 0 Å². The van der Waals surface area contributed by atoms with Gasteiger partial charge in [0.2, 0.25) is 5.91 Å². The molecule has 2 fully saturated rings. The van der Waals surface area contributed by atoms with E-state index in [0.717, 1.165) is 24.2 Å². The lowest BCUT2D eigenvalue weighted by Crippen LogP contribution is -2.45. The Kier molecular flexibility index (Phi) is 6.83. The lowest BCUT2D eigenvalue weighted by Gasteiger charge is -2.34. The smallest absolute Gasteiger partial charge is 0.334 e. The number of hydrogen-bond donors (Lipinski definition) is 2. The summed E-state index contributed by atoms with van der Waals surface area (Å²) in [6, 6.07) is 6.54. The van der Waals surface area contributed by atoms with E-state index in [1.807, 2.05) is 0 Å². The number of amides is 1. The number of nitrogens with zero attached hydrogens (tertiary/aromatic N) is 1. The Hall–Kier alpha value is -2.86. The molecule has 1 saturated carbocycles. The van der Waals surface area contributed by atoms with Crippen LogP contribution >= 0.6 is 11.3 Å². The van der Waals surface area contributed by atoms with Gasteiger partial charge in [0.1, 0.15) is 0 Å². The summed E-state index contributed by atoms with van der Waals surface area (Å²) in [7, 11) is 0. The van der Waals surface area contributed by atoms with Gasteiger partial charge < -0.3 is 15.2 Å². The van der Waals surface area contributed by atoms with Gasteiger partial charge in [0.05, 0.1) is 26.8 Å². The van der Waals surface area contributed by atoms with Gasteiger partial charge >= 0.3 is 17.2 Å². The van der Waals surface area contributed by atoms with Crippen molar-refractivity contribution in [1.82, 2.24) is 15.2 Å². The first-order valence-corrected chi connectivity index (χ1v) is 13.0. The Morgan fingerprint density at radius 3 is 2.21 bits per heavy atom. The Morgan fingerprint density at radius 2 is 1.63 bits per heavy atom. The number of carbonyl (C=O) groups excluding carboxylic acids is 1. The van der Waals surface area contributed by atoms with Crippen LogP contribution in [0, 0.1) is 11.3 Å². The SMILES string of the molecule is O=C(N(Cc1cc(C(F)(F)F)cc(C(F)(F)F)c1)Cc1ccc2sc(=O)[nH]c2c1)C1(CC2CC2)CCNC1. The molecule has 2 aliphatic rings. The molecule has 12 heteroatoms. The number of hydrogen-bond acceptors (Lipinski definition) is 4. The molecule has 1 aliphatic heterocycles. The standard InChI is InChI=1S/C26H25F6N3O2S/c27-25(28,29)18-7-17(8-19(10-18)26(30,31)32)13-35(12-16-3-4-21-20(9-16)34-23(37)38-21)22(36)24(5-6-33-14-24)11-15-1-2-15/h3-4,7-10,15,33H,1-2,5-6,11-14H2,(H,34,37). The van der Waals surface area contributed by atoms with Crippen molar-refractivity contribution in [2.24, 2.45) is 11.3 Å². The number of fused-ring (bicyclic) bond motifs is 1. The van der Waals surface area contributed by atoms with Crippen LogP contribution in [0.15, 0.2) is 41.2 Å². The van der Waals surface area contributed by atoms with Crippen molar-refractivity contribution in [3.63, 3.8) is 0 Å². The molecular formula is C26H25F6N3O2S. The molecule has 2 N–H and O–H groups in total. The molecule has 5 rings (SSSR count). The van der Waals surface area contributed by atoms with E-state index in [1.165, 1.54) is 4.90 Å². The number of halogens is 6. The topological polar surface area (TPSA) is 65.2 Å². The van der Waals surface area contributed by atoms with Crippen LogP contribution in [0.1, 0.15) is 47.9 Å². The minimum Gasteiger partial charge on any atom is -0.334 e. The van der Waals surface area contributed by atoms with Crippen LogP contribution in [0.2, 0.25) is 0 Å². The van der Waals surface area contributed by atoms with Crippen molar-refractivity contribution in [1.29, 1.82) is 0 Å². The third-order valence-electron chi connectivity index (χ3n) is 7.24. The Bertz CT molecular complexity index is 1370. The van der Waals surface area contributed by atoms with Gasteiger partial charge in [-0.25, -0.2) is 0 Å². The van der Waals surface area contributed by atoms with Crippen LogP contribution in [0.3, 0.4) is 0 Å². The molecule has 1 saturated heterocycles. The summed E-state index contributed by atoms with van der Waals surface area (Å²) in [6.45, 7) is 0.565. The molecule has 1 atom stereocenters. The summed E-state index contributed by atoms with van der Waals surface area (Å²) in [5.41, 5.74) is -2.69. The zero-order valence-corrected chi connectivity index (χ0v) is 21.0. The highest BCUT2D eigenvalue weighted by Gasteiger charge is 2.47. The van der Waals surface area contributed by atoms with Gasteiger partial charge in [-0.3, -0.25) is 9.59 Å². The number of alkyl halides is 6. The van der Waals surface area contributed by atoms with Crippen LogP contribution in [0.25, 0.3) is 10.2 Å². The van der Waals surface area contributed by atoms with Crippen molar-refractivity contribution >= 4 is 27.5 Å². The number of thiazole rings is 1. The van der Waals surface area contributed by atoms with Crippen molar-refractivity contribution < 1.29 is 31.1 Å². The van der Waals surface area contributed by atoms with Gasteiger partial charge in [-0.1, -0.05) is 30.2 Å². The summed E-state index contributed by atoms with van der Waals surface area (Å²) < 4.78 is 81.7. The third-order valence-corrected chi connectivity index (χ3v) is 8.10. The first kappa shape index (κ1) is 26.7. The van der Waals surface area contributed by atoms with E-state index in [2.05, 4.69) is 10.3 Å². The molecule has 204 valence electrons. The molecule has 1 amide bonds. The number of rotatable bonds is 7. The van der Waals surface area contributed by atoms with E-state index < -0.39 is 35.4 Å². The Balaban J connectivity index is 1.53. The fraction of sp³-hybridized carbons (Fsp3) is 0.462. The first-order valence-electron chi connectivity index (χ1n) is 12.2. The van der Waals surface area contributed by atoms with Crippen molar-refractivity contribution in [2.75, 3.05) is 13.1 Å². The molecule has 3 aromatic rings. The number of nitrogens with one attached hydrogen (secondary N) is 2. The normalized spacial score (nSPS) is 20.3. The molecule has 2 heterocycles. The quantitative estimate of drug-likeness (QED) is 0.354. The van der Waals surface area contributed by atoms with E-state index in [4.69, 9.17) is 0 Å². The average Bonchev–Trinajstić information content (AvgIpc) is 3.36. The summed E-state index contributed by atoms with van der Waals surface area (Å²) >= 11 is 1.02. The maximum Gasteiger partial charge on any atom is 0.416 e. The van der Waals surface area contributed by atoms with E-state index in [-0.39, 0.29) is 29.0 Å². The minimum atomic E-state index is -4.98. The summed E-state index contributed by atoms with van der Waals surface area (Å²) in [5.74, 6) is 0.0950. The first-order chi connectivity index (χ1) is 17.8. The summed E-state index contributed by atoms with van der Waals surface area (Å²) in [5, 5.41) is 3.21. The predicted molar refractivity (Wildman–Crippen MR) is 130 cm³/mol. The average molecular weight is 558 g/mol. The monoisotopic (exact) mass is 557 g/mol. The van der Waals surface area contributed by atoms with E-state index in [0.29, 0.717) is 59.8 Å². The molecule has 38 heavy (non-hydrogen) atoms. The highest BCUT2D eigenvalue weighted by atomic mass is 32.1. The van der Waals surface area contributed by atoms with Crippen LogP contribution in [-0.4, -0.2) is 28.9 Å². The van der Waals surface area contributed by atoms with Gasteiger partial charge in [-0.05, 0) is 66.8 Å². The molecular weight excluding hydrogens is 532 g/mol. The second-order valence-corrected chi connectivity index (χ2v) is 11.3. The maximum absolute atomic E-state index is 14.1. The van der Waals surface area contributed by atoms with Crippen LogP contribution in [0.5, 0.6) is 0 Å². The minimum absolute atomic E-state index is 0.0311. The van der Waals surface area contributed by atoms with E-state index in [1.54, 1.807) is 18.2 Å². The molecule has 1 aliphatic carbocycles. The lowest BCUT2D eigenvalue weighted by atomic mass is 9.80. The van der Waals surface area contributed by atoms with Crippen LogP contribution < -0.4 is 10.2 Å². The van der Waals surface area contributed by atoms with E-state index in [9.17, 15) is 35.9 Å². The van der Waals surface area contributed by atoms with Gasteiger partial charge in [0, 0.05) is 19.6 Å². The highest BCUT2D eigenvalue weighted by Crippen LogP contribution is 2.45. The van der Waals surface area contributed by atoms with Crippen molar-refractivity contribution in [3.05, 3.63) is 68.3 Å². The molecule has 0 radical (unpaired) electrons. The second kappa shape index (κ2) is 9.71. The molecule has 0 bridgehead atoms. The molecule has 1 unspecified atom stereocenters. The fourth-order valence-corrected chi connectivity index (χ4v) is 5.96. The zero-order chi connectivity index (χ0) is 27.3. The number of benzene rings is 2. The Morgan fingerprint density at radius 1 is 0.974 bits per heavy atom. The molecule has 5 nitrogen and oxygen atoms in total. The zero-order valence-electron chi connectivity index (χ0n) is 20.1. The number of H-pyrrole nitrogens is 1.